The number of benzene rings is 1. The van der Waals surface area contributed by atoms with Crippen molar-refractivity contribution in [1.82, 2.24) is 9.80 Å². The molecule has 0 spiro atoms. The van der Waals surface area contributed by atoms with Gasteiger partial charge in [-0.2, -0.15) is 8.78 Å². The zero-order chi connectivity index (χ0) is 28.8. The molecule has 2 saturated heterocycles. The zero-order valence-corrected chi connectivity index (χ0v) is 25.4. The summed E-state index contributed by atoms with van der Waals surface area (Å²) in [6.45, 7) is 21.6. The number of aryl methyl sites for hydroxylation is 1. The largest absolute Gasteiger partial charge is 0.433 e. The van der Waals surface area contributed by atoms with E-state index in [2.05, 4.69) is 41.4 Å². The van der Waals surface area contributed by atoms with E-state index in [1.807, 2.05) is 20.8 Å². The summed E-state index contributed by atoms with van der Waals surface area (Å²) in [5.41, 5.74) is 5.59. The molecule has 0 bridgehead atoms. The van der Waals surface area contributed by atoms with E-state index in [9.17, 15) is 8.78 Å². The van der Waals surface area contributed by atoms with Gasteiger partial charge in [0, 0.05) is 45.3 Å². The van der Waals surface area contributed by atoms with Crippen molar-refractivity contribution in [3.05, 3.63) is 52.7 Å². The van der Waals surface area contributed by atoms with Crippen molar-refractivity contribution in [3.8, 4) is 5.75 Å². The number of hydrogen-bond donors (Lipinski definition) is 0. The fourth-order valence-corrected chi connectivity index (χ4v) is 5.24. The Balaban J connectivity index is 0.000000320. The molecule has 1 aliphatic carbocycles. The van der Waals surface area contributed by atoms with Crippen LogP contribution in [0.2, 0.25) is 0 Å². The third-order valence-electron chi connectivity index (χ3n) is 7.23. The highest BCUT2D eigenvalue weighted by Crippen LogP contribution is 2.31. The Morgan fingerprint density at radius 2 is 1.56 bits per heavy atom. The molecule has 0 N–H and O–H groups in total. The Morgan fingerprint density at radius 1 is 0.949 bits per heavy atom. The number of alkyl halides is 2. The molecule has 1 atom stereocenters. The van der Waals surface area contributed by atoms with Crippen LogP contribution in [0.25, 0.3) is 0 Å². The summed E-state index contributed by atoms with van der Waals surface area (Å²) >= 11 is 0. The molecule has 0 saturated carbocycles. The summed E-state index contributed by atoms with van der Waals surface area (Å²) in [4.78, 5) is 5.06. The minimum atomic E-state index is -3.10. The summed E-state index contributed by atoms with van der Waals surface area (Å²) in [6, 6.07) is 6.49. The highest BCUT2D eigenvalue weighted by atomic mass is 19.3. The van der Waals surface area contributed by atoms with Crippen LogP contribution in [0.5, 0.6) is 5.75 Å². The Morgan fingerprint density at radius 3 is 2.15 bits per heavy atom. The van der Waals surface area contributed by atoms with Crippen LogP contribution in [0.3, 0.4) is 0 Å². The lowest BCUT2D eigenvalue weighted by Gasteiger charge is -2.36. The number of piperidine rings is 1. The first-order valence-electron chi connectivity index (χ1n) is 14.8. The van der Waals surface area contributed by atoms with Crippen LogP contribution < -0.4 is 4.74 Å². The van der Waals surface area contributed by atoms with E-state index in [1.54, 1.807) is 17.7 Å². The highest BCUT2D eigenvalue weighted by molar-refractivity contribution is 5.34. The second-order valence-electron chi connectivity index (χ2n) is 10.7. The zero-order valence-electron chi connectivity index (χ0n) is 25.4. The van der Waals surface area contributed by atoms with Crippen LogP contribution in [0.15, 0.2) is 47.2 Å². The molecule has 0 radical (unpaired) electrons. The summed E-state index contributed by atoms with van der Waals surface area (Å²) in [7, 11) is 0. The van der Waals surface area contributed by atoms with Crippen molar-refractivity contribution in [1.29, 1.82) is 0 Å². The number of ether oxygens (including phenoxy) is 3. The Labute approximate surface area is 236 Å². The summed E-state index contributed by atoms with van der Waals surface area (Å²) in [5.74, 6) is 0.890. The summed E-state index contributed by atoms with van der Waals surface area (Å²) in [5, 5.41) is 0. The first kappa shape index (κ1) is 33.2. The number of allylic oxidation sites excluding steroid dienone is 3. The van der Waals surface area contributed by atoms with Crippen molar-refractivity contribution >= 4 is 0 Å². The number of halogens is 2. The lowest BCUT2D eigenvalue weighted by atomic mass is 10.0. The van der Waals surface area contributed by atoms with E-state index >= 15 is 0 Å². The monoisotopic (exact) mass is 550 g/mol. The highest BCUT2D eigenvalue weighted by Gasteiger charge is 2.25. The molecule has 0 amide bonds. The quantitative estimate of drug-likeness (QED) is 0.352. The molecule has 39 heavy (non-hydrogen) atoms. The SMILES string of the molecule is CC.CC1=CC(C)CCC(C)=C1N1CCC(OCCN2CCOCC2)CC1.Cc1ccc(OC(C)(F)F)cc1. The van der Waals surface area contributed by atoms with Crippen molar-refractivity contribution < 1.29 is 23.0 Å². The maximum atomic E-state index is 12.3. The van der Waals surface area contributed by atoms with Gasteiger partial charge >= 0.3 is 6.11 Å². The average Bonchev–Trinajstić information content (AvgIpc) is 3.04. The molecule has 1 aromatic carbocycles. The van der Waals surface area contributed by atoms with E-state index in [0.29, 0.717) is 18.9 Å². The van der Waals surface area contributed by atoms with E-state index in [-0.39, 0.29) is 5.75 Å². The second-order valence-corrected chi connectivity index (χ2v) is 10.7. The van der Waals surface area contributed by atoms with Gasteiger partial charge in [0.25, 0.3) is 0 Å². The van der Waals surface area contributed by atoms with Gasteiger partial charge in [-0.1, -0.05) is 44.5 Å². The molecule has 2 fully saturated rings. The second kappa shape index (κ2) is 17.0. The minimum Gasteiger partial charge on any atom is -0.433 e. The Bertz CT molecular complexity index is 882. The maximum absolute atomic E-state index is 12.3. The predicted molar refractivity (Wildman–Crippen MR) is 156 cm³/mol. The van der Waals surface area contributed by atoms with Gasteiger partial charge in [-0.3, -0.25) is 4.90 Å². The van der Waals surface area contributed by atoms with Gasteiger partial charge in [0.1, 0.15) is 5.75 Å². The van der Waals surface area contributed by atoms with Gasteiger partial charge in [0.15, 0.2) is 0 Å². The molecule has 4 rings (SSSR count). The first-order chi connectivity index (χ1) is 18.6. The molecule has 1 unspecified atom stereocenters. The van der Waals surface area contributed by atoms with Gasteiger partial charge in [-0.05, 0) is 75.7 Å². The van der Waals surface area contributed by atoms with Crippen LogP contribution in [0.4, 0.5) is 8.78 Å². The number of nitrogens with zero attached hydrogens (tertiary/aromatic N) is 2. The van der Waals surface area contributed by atoms with E-state index in [1.165, 1.54) is 36.2 Å². The van der Waals surface area contributed by atoms with Gasteiger partial charge < -0.3 is 19.1 Å². The summed E-state index contributed by atoms with van der Waals surface area (Å²) in [6.07, 6.45) is 4.64. The number of hydrogen-bond acceptors (Lipinski definition) is 5. The molecule has 1 aromatic rings. The minimum absolute atomic E-state index is 0.188. The molecule has 2 heterocycles. The lowest BCUT2D eigenvalue weighted by Crippen LogP contribution is -2.40. The fourth-order valence-electron chi connectivity index (χ4n) is 5.24. The third kappa shape index (κ3) is 12.4. The average molecular weight is 551 g/mol. The smallest absolute Gasteiger partial charge is 0.394 e. The van der Waals surface area contributed by atoms with E-state index < -0.39 is 6.11 Å². The summed E-state index contributed by atoms with van der Waals surface area (Å²) < 4.78 is 40.5. The molecule has 222 valence electrons. The van der Waals surface area contributed by atoms with Crippen molar-refractivity contribution in [2.45, 2.75) is 86.4 Å². The van der Waals surface area contributed by atoms with Crippen LogP contribution in [0, 0.1) is 12.8 Å². The van der Waals surface area contributed by atoms with Crippen molar-refractivity contribution in [2.24, 2.45) is 5.92 Å². The normalized spacial score (nSPS) is 21.2. The fraction of sp³-hybridized carbons (Fsp3) is 0.688. The standard InChI is InChI=1S/C21H36N2O2.C9H10F2O.C2H6/c1-17-4-5-18(2)21(19(3)16-17)23-8-6-20(7-9-23)25-15-12-22-10-13-24-14-11-22;1-7-3-5-8(6-4-7)12-9(2,10)11;1-2/h16-17,20H,4-15H2,1-3H3;3-6H,1-2H3;1-2H3. The van der Waals surface area contributed by atoms with Crippen LogP contribution in [-0.4, -0.2) is 74.6 Å². The topological polar surface area (TPSA) is 34.2 Å². The molecule has 7 heteroatoms. The van der Waals surface area contributed by atoms with Crippen molar-refractivity contribution in [3.63, 3.8) is 0 Å². The van der Waals surface area contributed by atoms with Crippen LogP contribution in [0.1, 0.15) is 72.8 Å². The Kier molecular flexibility index (Phi) is 14.5. The van der Waals surface area contributed by atoms with Gasteiger partial charge in [-0.15, -0.1) is 0 Å². The van der Waals surface area contributed by atoms with Gasteiger partial charge in [-0.25, -0.2) is 0 Å². The molecule has 2 aliphatic heterocycles. The molecule has 5 nitrogen and oxygen atoms in total. The number of likely N-dealkylation sites (tertiary alicyclic amines) is 1. The van der Waals surface area contributed by atoms with Crippen LogP contribution >= 0.6 is 0 Å². The first-order valence-corrected chi connectivity index (χ1v) is 14.8. The molecular weight excluding hydrogens is 498 g/mol. The lowest BCUT2D eigenvalue weighted by molar-refractivity contribution is -0.158. The van der Waals surface area contributed by atoms with Gasteiger partial charge in [0.05, 0.1) is 25.9 Å². The molecule has 0 aromatic heterocycles. The molecule has 3 aliphatic rings. The predicted octanol–water partition coefficient (Wildman–Crippen LogP) is 7.46. The maximum Gasteiger partial charge on any atom is 0.394 e. The van der Waals surface area contributed by atoms with Crippen molar-refractivity contribution in [2.75, 3.05) is 52.5 Å². The van der Waals surface area contributed by atoms with E-state index in [0.717, 1.165) is 70.9 Å². The van der Waals surface area contributed by atoms with Crippen LogP contribution in [-0.2, 0) is 9.47 Å². The number of rotatable bonds is 7. The van der Waals surface area contributed by atoms with E-state index in [4.69, 9.17) is 9.47 Å². The van der Waals surface area contributed by atoms with Gasteiger partial charge in [0.2, 0.25) is 0 Å². The third-order valence-corrected chi connectivity index (χ3v) is 7.23. The molecular formula is C32H52F2N2O3. The number of morpholine rings is 1. The Hall–Kier alpha value is -1.96.